The van der Waals surface area contributed by atoms with E-state index in [0.29, 0.717) is 6.04 Å². The maximum Gasteiger partial charge on any atom is 0.119 e. The third-order valence-corrected chi connectivity index (χ3v) is 2.50. The van der Waals surface area contributed by atoms with Gasteiger partial charge in [-0.25, -0.2) is 0 Å². The van der Waals surface area contributed by atoms with Crippen molar-refractivity contribution >= 4 is 0 Å². The Morgan fingerprint density at radius 1 is 1.33 bits per heavy atom. The molecule has 0 aliphatic carbocycles. The number of hydrogen-bond donors (Lipinski definition) is 1. The fourth-order valence-corrected chi connectivity index (χ4v) is 1.57. The summed E-state index contributed by atoms with van der Waals surface area (Å²) >= 11 is 0. The summed E-state index contributed by atoms with van der Waals surface area (Å²) in [6.07, 6.45) is 1.08. The van der Waals surface area contributed by atoms with Gasteiger partial charge in [-0.2, -0.15) is 0 Å². The highest BCUT2D eigenvalue weighted by atomic mass is 16.5. The first-order valence-electron chi connectivity index (χ1n) is 5.50. The van der Waals surface area contributed by atoms with Crippen LogP contribution < -0.4 is 10.1 Å². The second-order valence-corrected chi connectivity index (χ2v) is 4.15. The fraction of sp³-hybridized carbons (Fsp3) is 0.538. The molecule has 15 heavy (non-hydrogen) atoms. The molecule has 0 aromatic heterocycles. The molecule has 2 heteroatoms. The molecule has 0 spiro atoms. The van der Waals surface area contributed by atoms with E-state index in [1.54, 1.807) is 7.11 Å². The first kappa shape index (κ1) is 12.1. The van der Waals surface area contributed by atoms with Crippen molar-refractivity contribution < 1.29 is 4.74 Å². The standard InChI is InChI=1S/C13H21NO/c1-10(2)14-8-7-12-5-6-13(15-4)9-11(12)3/h5-6,9-10,14H,7-8H2,1-4H3. The second-order valence-electron chi connectivity index (χ2n) is 4.15. The smallest absolute Gasteiger partial charge is 0.119 e. The van der Waals surface area contributed by atoms with E-state index in [1.165, 1.54) is 11.1 Å². The quantitative estimate of drug-likeness (QED) is 0.801. The average molecular weight is 207 g/mol. The number of rotatable bonds is 5. The van der Waals surface area contributed by atoms with Gasteiger partial charge in [-0.15, -0.1) is 0 Å². The van der Waals surface area contributed by atoms with Crippen molar-refractivity contribution in [1.29, 1.82) is 0 Å². The molecule has 0 saturated carbocycles. The lowest BCUT2D eigenvalue weighted by Gasteiger charge is -2.10. The molecule has 0 aliphatic rings. The predicted octanol–water partition coefficient (Wildman–Crippen LogP) is 2.54. The predicted molar refractivity (Wildman–Crippen MR) is 64.6 cm³/mol. The van der Waals surface area contributed by atoms with Crippen molar-refractivity contribution in [3.05, 3.63) is 29.3 Å². The molecule has 0 aliphatic heterocycles. The van der Waals surface area contributed by atoms with Gasteiger partial charge in [-0.3, -0.25) is 0 Å². The molecule has 0 bridgehead atoms. The fourth-order valence-electron chi connectivity index (χ4n) is 1.57. The highest BCUT2D eigenvalue weighted by Gasteiger charge is 2.00. The molecule has 0 radical (unpaired) electrons. The highest BCUT2D eigenvalue weighted by molar-refractivity contribution is 5.34. The van der Waals surface area contributed by atoms with Crippen LogP contribution in [0.3, 0.4) is 0 Å². The molecule has 1 N–H and O–H groups in total. The molecule has 0 amide bonds. The lowest BCUT2D eigenvalue weighted by molar-refractivity contribution is 0.414. The SMILES string of the molecule is COc1ccc(CCNC(C)C)c(C)c1. The summed E-state index contributed by atoms with van der Waals surface area (Å²) in [5, 5.41) is 3.42. The zero-order valence-corrected chi connectivity index (χ0v) is 10.1. The van der Waals surface area contributed by atoms with E-state index in [1.807, 2.05) is 6.07 Å². The van der Waals surface area contributed by atoms with Gasteiger partial charge in [0.25, 0.3) is 0 Å². The molecule has 1 aromatic rings. The van der Waals surface area contributed by atoms with Gasteiger partial charge in [0.15, 0.2) is 0 Å². The van der Waals surface area contributed by atoms with Gasteiger partial charge >= 0.3 is 0 Å². The normalized spacial score (nSPS) is 10.7. The Balaban J connectivity index is 2.54. The molecule has 0 atom stereocenters. The zero-order chi connectivity index (χ0) is 11.3. The van der Waals surface area contributed by atoms with Crippen molar-refractivity contribution in [2.75, 3.05) is 13.7 Å². The summed E-state index contributed by atoms with van der Waals surface area (Å²) in [5.41, 5.74) is 2.70. The lowest BCUT2D eigenvalue weighted by Crippen LogP contribution is -2.25. The number of hydrogen-bond acceptors (Lipinski definition) is 2. The Hall–Kier alpha value is -1.02. The lowest BCUT2D eigenvalue weighted by atomic mass is 10.1. The minimum absolute atomic E-state index is 0.559. The minimum Gasteiger partial charge on any atom is -0.497 e. The van der Waals surface area contributed by atoms with Crippen LogP contribution in [-0.2, 0) is 6.42 Å². The van der Waals surface area contributed by atoms with Crippen LogP contribution in [-0.4, -0.2) is 19.7 Å². The zero-order valence-electron chi connectivity index (χ0n) is 10.1. The van der Waals surface area contributed by atoms with Gasteiger partial charge in [-0.1, -0.05) is 19.9 Å². The van der Waals surface area contributed by atoms with Gasteiger partial charge < -0.3 is 10.1 Å². The van der Waals surface area contributed by atoms with E-state index in [-0.39, 0.29) is 0 Å². The topological polar surface area (TPSA) is 21.3 Å². The first-order valence-corrected chi connectivity index (χ1v) is 5.50. The maximum atomic E-state index is 5.18. The Labute approximate surface area is 92.6 Å². The number of ether oxygens (including phenoxy) is 1. The maximum absolute atomic E-state index is 5.18. The van der Waals surface area contributed by atoms with Crippen LogP contribution in [0.1, 0.15) is 25.0 Å². The van der Waals surface area contributed by atoms with Crippen LogP contribution in [0.4, 0.5) is 0 Å². The molecule has 1 rings (SSSR count). The molecular weight excluding hydrogens is 186 g/mol. The second kappa shape index (κ2) is 5.76. The van der Waals surface area contributed by atoms with Crippen LogP contribution in [0.25, 0.3) is 0 Å². The van der Waals surface area contributed by atoms with E-state index >= 15 is 0 Å². The van der Waals surface area contributed by atoms with Crippen molar-refractivity contribution in [2.45, 2.75) is 33.2 Å². The van der Waals surface area contributed by atoms with Crippen LogP contribution in [0.2, 0.25) is 0 Å². The summed E-state index contributed by atoms with van der Waals surface area (Å²) in [6, 6.07) is 6.82. The Morgan fingerprint density at radius 2 is 2.07 bits per heavy atom. The van der Waals surface area contributed by atoms with E-state index in [4.69, 9.17) is 4.74 Å². The van der Waals surface area contributed by atoms with E-state index in [2.05, 4.69) is 38.2 Å². The van der Waals surface area contributed by atoms with Gasteiger partial charge in [-0.05, 0) is 43.1 Å². The monoisotopic (exact) mass is 207 g/mol. The van der Waals surface area contributed by atoms with E-state index < -0.39 is 0 Å². The van der Waals surface area contributed by atoms with Crippen molar-refractivity contribution in [1.82, 2.24) is 5.32 Å². The van der Waals surface area contributed by atoms with Gasteiger partial charge in [0, 0.05) is 6.04 Å². The molecular formula is C13H21NO. The number of aryl methyl sites for hydroxylation is 1. The van der Waals surface area contributed by atoms with E-state index in [0.717, 1.165) is 18.7 Å². The number of methoxy groups -OCH3 is 1. The Bertz CT molecular complexity index is 307. The summed E-state index contributed by atoms with van der Waals surface area (Å²) in [4.78, 5) is 0. The molecule has 0 heterocycles. The van der Waals surface area contributed by atoms with Crippen LogP contribution in [0.15, 0.2) is 18.2 Å². The summed E-state index contributed by atoms with van der Waals surface area (Å²) < 4.78 is 5.18. The molecule has 0 unspecified atom stereocenters. The third kappa shape index (κ3) is 3.92. The van der Waals surface area contributed by atoms with E-state index in [9.17, 15) is 0 Å². The van der Waals surface area contributed by atoms with Gasteiger partial charge in [0.1, 0.15) is 5.75 Å². The van der Waals surface area contributed by atoms with Crippen LogP contribution in [0, 0.1) is 6.92 Å². The Morgan fingerprint density at radius 3 is 2.60 bits per heavy atom. The third-order valence-electron chi connectivity index (χ3n) is 2.50. The molecule has 0 saturated heterocycles. The number of nitrogens with one attached hydrogen (secondary N) is 1. The highest BCUT2D eigenvalue weighted by Crippen LogP contribution is 2.16. The average Bonchev–Trinajstić information content (AvgIpc) is 2.20. The van der Waals surface area contributed by atoms with Crippen molar-refractivity contribution in [3.63, 3.8) is 0 Å². The largest absolute Gasteiger partial charge is 0.497 e. The summed E-state index contributed by atoms with van der Waals surface area (Å²) in [5.74, 6) is 0.938. The van der Waals surface area contributed by atoms with Gasteiger partial charge in [0.05, 0.1) is 7.11 Å². The minimum atomic E-state index is 0.559. The summed E-state index contributed by atoms with van der Waals surface area (Å²) in [6.45, 7) is 7.50. The first-order chi connectivity index (χ1) is 7.13. The van der Waals surface area contributed by atoms with Gasteiger partial charge in [0.2, 0.25) is 0 Å². The van der Waals surface area contributed by atoms with Crippen LogP contribution in [0.5, 0.6) is 5.75 Å². The Kier molecular flexibility index (Phi) is 4.63. The van der Waals surface area contributed by atoms with Crippen molar-refractivity contribution in [2.24, 2.45) is 0 Å². The number of benzene rings is 1. The molecule has 84 valence electrons. The molecule has 2 nitrogen and oxygen atoms in total. The van der Waals surface area contributed by atoms with Crippen LogP contribution >= 0.6 is 0 Å². The summed E-state index contributed by atoms with van der Waals surface area (Å²) in [7, 11) is 1.70. The van der Waals surface area contributed by atoms with Crippen molar-refractivity contribution in [3.8, 4) is 5.75 Å². The molecule has 0 fully saturated rings. The molecule has 1 aromatic carbocycles.